The Kier molecular flexibility index (Phi) is 15.7. The lowest BCUT2D eigenvalue weighted by atomic mass is 9.79. The van der Waals surface area contributed by atoms with Crippen LogP contribution in [-0.4, -0.2) is 75.4 Å². The van der Waals surface area contributed by atoms with Crippen molar-refractivity contribution in [2.24, 2.45) is 23.7 Å². The largest absolute Gasteiger partial charge is 0.490 e. The summed E-state index contributed by atoms with van der Waals surface area (Å²) in [6.07, 6.45) is 3.17. The number of amides is 3. The molecule has 1 aliphatic rings. The predicted molar refractivity (Wildman–Crippen MR) is 216 cm³/mol. The Labute approximate surface area is 330 Å². The number of carbonyl (C=O) groups is 3. The van der Waals surface area contributed by atoms with Gasteiger partial charge in [0.25, 0.3) is 5.91 Å². The number of benzene rings is 3. The van der Waals surface area contributed by atoms with Crippen LogP contribution in [0.4, 0.5) is 0 Å². The number of hydrogen-bond donors (Lipinski definition) is 6. The highest BCUT2D eigenvalue weighted by atomic mass is 16.5. The van der Waals surface area contributed by atoms with Crippen molar-refractivity contribution in [3.8, 4) is 11.5 Å². The summed E-state index contributed by atoms with van der Waals surface area (Å²) in [6, 6.07) is 22.1. The number of hydrogen-bond acceptors (Lipinski definition) is 8. The normalized spacial score (nSPS) is 16.6. The van der Waals surface area contributed by atoms with Crippen LogP contribution in [0.2, 0.25) is 0 Å². The zero-order valence-electron chi connectivity index (χ0n) is 33.1. The maximum atomic E-state index is 14.1. The molecule has 12 nitrogen and oxygen atoms in total. The lowest BCUT2D eigenvalue weighted by Crippen LogP contribution is -2.57. The molecule has 3 aromatic carbocycles. The molecule has 3 amide bonds. The van der Waals surface area contributed by atoms with E-state index in [1.807, 2.05) is 68.4 Å². The quantitative estimate of drug-likeness (QED) is 0.0600. The van der Waals surface area contributed by atoms with Crippen molar-refractivity contribution in [3.63, 3.8) is 0 Å². The Morgan fingerprint density at radius 1 is 0.821 bits per heavy atom. The Balaban J connectivity index is 1.27. The molecule has 302 valence electrons. The van der Waals surface area contributed by atoms with Gasteiger partial charge in [0.15, 0.2) is 0 Å². The highest BCUT2D eigenvalue weighted by Crippen LogP contribution is 2.31. The number of aliphatic hydroxyl groups is 2. The molecular formula is C44H59N5O7. The number of H-pyrrole nitrogens is 1. The van der Waals surface area contributed by atoms with Crippen LogP contribution < -0.4 is 25.4 Å². The average Bonchev–Trinajstić information content (AvgIpc) is 3.64. The molecule has 1 aliphatic carbocycles. The maximum absolute atomic E-state index is 14.1. The number of rotatable bonds is 20. The molecule has 6 N–H and O–H groups in total. The number of ether oxygens (including phenoxy) is 2. The van der Waals surface area contributed by atoms with Gasteiger partial charge in [-0.2, -0.15) is 0 Å². The monoisotopic (exact) mass is 769 g/mol. The van der Waals surface area contributed by atoms with Gasteiger partial charge in [0, 0.05) is 0 Å². The molecule has 0 bridgehead atoms. The van der Waals surface area contributed by atoms with Gasteiger partial charge in [-0.25, -0.2) is 4.98 Å². The number of aliphatic hydroxyl groups excluding tert-OH is 2. The van der Waals surface area contributed by atoms with Crippen molar-refractivity contribution in [2.75, 3.05) is 13.2 Å². The minimum atomic E-state index is -1.54. The van der Waals surface area contributed by atoms with Gasteiger partial charge in [0.05, 0.1) is 41.2 Å². The molecule has 56 heavy (non-hydrogen) atoms. The zero-order valence-corrected chi connectivity index (χ0v) is 33.1. The van der Waals surface area contributed by atoms with Crippen LogP contribution in [0.3, 0.4) is 0 Å². The van der Waals surface area contributed by atoms with Crippen LogP contribution in [0.1, 0.15) is 88.8 Å². The van der Waals surface area contributed by atoms with Gasteiger partial charge in [0.1, 0.15) is 42.7 Å². The summed E-state index contributed by atoms with van der Waals surface area (Å²) in [7, 11) is 0. The maximum Gasteiger partial charge on any atom is 0.255 e. The Morgan fingerprint density at radius 2 is 1.50 bits per heavy atom. The molecule has 1 saturated carbocycles. The van der Waals surface area contributed by atoms with Crippen molar-refractivity contribution >= 4 is 28.8 Å². The first-order chi connectivity index (χ1) is 27.0. The first-order valence-corrected chi connectivity index (χ1v) is 20.1. The summed E-state index contributed by atoms with van der Waals surface area (Å²) in [6.45, 7) is 8.03. The van der Waals surface area contributed by atoms with E-state index in [-0.39, 0.29) is 43.1 Å². The third-order valence-corrected chi connectivity index (χ3v) is 10.9. The number of nitrogens with zero attached hydrogens (tertiary/aromatic N) is 1. The van der Waals surface area contributed by atoms with Gasteiger partial charge in [0.2, 0.25) is 11.8 Å². The second-order valence-electron chi connectivity index (χ2n) is 15.4. The summed E-state index contributed by atoms with van der Waals surface area (Å²) >= 11 is 0. The second kappa shape index (κ2) is 20.8. The van der Waals surface area contributed by atoms with Crippen molar-refractivity contribution in [1.82, 2.24) is 25.9 Å². The third-order valence-electron chi connectivity index (χ3n) is 10.9. The van der Waals surface area contributed by atoms with Crippen LogP contribution in [0.15, 0.2) is 78.9 Å². The lowest BCUT2D eigenvalue weighted by Gasteiger charge is -2.36. The number of carbonyl (C=O) groups excluding carboxylic acids is 3. The molecule has 1 aromatic heterocycles. The molecule has 1 heterocycles. The lowest BCUT2D eigenvalue weighted by molar-refractivity contribution is -0.140. The van der Waals surface area contributed by atoms with Crippen molar-refractivity contribution in [2.45, 2.75) is 103 Å². The minimum Gasteiger partial charge on any atom is -0.490 e. The summed E-state index contributed by atoms with van der Waals surface area (Å²) in [5.41, 5.74) is 1.93. The SMILES string of the molecule is CCC(C)[C@H](NC(=O)[C@H](C(C)C)[C@@H](O)[C@H](O)[C@H](CC1CCCCC1)NC(=O)c1ccccc1OCCOc1ccccc1)C(=O)NCc1nc2ccccc2[nH]1. The van der Waals surface area contributed by atoms with Crippen molar-refractivity contribution in [3.05, 3.63) is 90.3 Å². The van der Waals surface area contributed by atoms with E-state index in [0.29, 0.717) is 30.2 Å². The number of nitrogens with one attached hydrogen (secondary N) is 4. The molecule has 6 atom stereocenters. The number of aromatic amines is 1. The van der Waals surface area contributed by atoms with E-state index in [9.17, 15) is 24.6 Å². The summed E-state index contributed by atoms with van der Waals surface area (Å²) in [5.74, 6) is -1.20. The van der Waals surface area contributed by atoms with E-state index in [1.54, 1.807) is 38.1 Å². The van der Waals surface area contributed by atoms with Crippen molar-refractivity contribution < 1.29 is 34.1 Å². The molecule has 1 unspecified atom stereocenters. The fourth-order valence-electron chi connectivity index (χ4n) is 7.54. The van der Waals surface area contributed by atoms with Crippen LogP contribution in [0.25, 0.3) is 11.0 Å². The third kappa shape index (κ3) is 11.5. The first kappa shape index (κ1) is 42.2. The van der Waals surface area contributed by atoms with E-state index < -0.39 is 47.9 Å². The summed E-state index contributed by atoms with van der Waals surface area (Å²) in [4.78, 5) is 49.3. The Hall–Kier alpha value is -4.94. The predicted octanol–water partition coefficient (Wildman–Crippen LogP) is 5.93. The van der Waals surface area contributed by atoms with E-state index >= 15 is 0 Å². The van der Waals surface area contributed by atoms with E-state index in [1.165, 1.54) is 0 Å². The molecular weight excluding hydrogens is 711 g/mol. The molecule has 5 rings (SSSR count). The number of fused-ring (bicyclic) bond motifs is 1. The second-order valence-corrected chi connectivity index (χ2v) is 15.4. The summed E-state index contributed by atoms with van der Waals surface area (Å²) < 4.78 is 11.7. The average molecular weight is 770 g/mol. The minimum absolute atomic E-state index is 0.142. The molecule has 1 fully saturated rings. The fraction of sp³-hybridized carbons (Fsp3) is 0.500. The van der Waals surface area contributed by atoms with Gasteiger partial charge in [-0.15, -0.1) is 0 Å². The van der Waals surface area contributed by atoms with Crippen LogP contribution in [0.5, 0.6) is 11.5 Å². The molecule has 0 aliphatic heterocycles. The standard InChI is InChI=1S/C44H59N5O7/c1-5-29(4)39(44(54)45-27-37-46-33-21-13-14-22-34(33)47-37)49-43(53)38(28(2)3)41(51)40(50)35(26-30-16-8-6-9-17-30)48-42(52)32-20-12-15-23-36(32)56-25-24-55-31-18-10-7-11-19-31/h7,10-15,18-23,28-30,35,38-41,50-51H,5-6,8-9,16-17,24-27H2,1-4H3,(H,45,54)(H,46,47)(H,48,52)(H,49,53)/t29?,35-,38+,39-,40+,41+/m0/s1. The van der Waals surface area contributed by atoms with E-state index in [4.69, 9.17) is 9.47 Å². The summed E-state index contributed by atoms with van der Waals surface area (Å²) in [5, 5.41) is 32.6. The smallest absolute Gasteiger partial charge is 0.255 e. The molecule has 12 heteroatoms. The molecule has 0 spiro atoms. The molecule has 0 saturated heterocycles. The van der Waals surface area contributed by atoms with Gasteiger partial charge in [-0.3, -0.25) is 14.4 Å². The van der Waals surface area contributed by atoms with Gasteiger partial charge < -0.3 is 40.6 Å². The van der Waals surface area contributed by atoms with Gasteiger partial charge in [-0.05, 0) is 60.6 Å². The highest BCUT2D eigenvalue weighted by Gasteiger charge is 2.41. The fourth-order valence-corrected chi connectivity index (χ4v) is 7.54. The highest BCUT2D eigenvalue weighted by molar-refractivity contribution is 5.97. The zero-order chi connectivity index (χ0) is 40.0. The number of para-hydroxylation sites is 4. The topological polar surface area (TPSA) is 175 Å². The van der Waals surface area contributed by atoms with Crippen molar-refractivity contribution in [1.29, 1.82) is 0 Å². The number of aromatic nitrogens is 2. The van der Waals surface area contributed by atoms with Gasteiger partial charge >= 0.3 is 0 Å². The first-order valence-electron chi connectivity index (χ1n) is 20.1. The van der Waals surface area contributed by atoms with Crippen LogP contribution >= 0.6 is 0 Å². The number of imidazole rings is 1. The van der Waals surface area contributed by atoms with Crippen LogP contribution in [0, 0.1) is 23.7 Å². The van der Waals surface area contributed by atoms with E-state index in [2.05, 4.69) is 25.9 Å². The van der Waals surface area contributed by atoms with Gasteiger partial charge in [-0.1, -0.05) is 109 Å². The Morgan fingerprint density at radius 3 is 2.21 bits per heavy atom. The van der Waals surface area contributed by atoms with Crippen LogP contribution in [-0.2, 0) is 16.1 Å². The molecule has 0 radical (unpaired) electrons. The Bertz CT molecular complexity index is 1810. The molecule has 4 aromatic rings. The van der Waals surface area contributed by atoms with E-state index in [0.717, 1.165) is 43.1 Å².